The molecule has 1 unspecified atom stereocenters. The Morgan fingerprint density at radius 3 is 2.59 bits per heavy atom. The van der Waals surface area contributed by atoms with Gasteiger partial charge < -0.3 is 4.90 Å². The van der Waals surface area contributed by atoms with Gasteiger partial charge >= 0.3 is 0 Å². The monoisotopic (exact) mass is 364 g/mol. The molecule has 0 saturated carbocycles. The first-order chi connectivity index (χ1) is 10.4. The van der Waals surface area contributed by atoms with Crippen molar-refractivity contribution in [2.45, 2.75) is 43.5 Å². The molecule has 0 spiro atoms. The van der Waals surface area contributed by atoms with Crippen LogP contribution >= 0.6 is 23.2 Å². The number of nitrogens with zero attached hydrogens (tertiary/aromatic N) is 1. The fourth-order valence-corrected chi connectivity index (χ4v) is 5.00. The SMILES string of the molecule is CC1CCCCN1CCCNS(=O)(=O)c1c(Cl)cccc1Cl. The third-order valence-corrected chi connectivity index (χ3v) is 6.46. The summed E-state index contributed by atoms with van der Waals surface area (Å²) >= 11 is 11.9. The highest BCUT2D eigenvalue weighted by atomic mass is 35.5. The molecule has 1 aliphatic rings. The molecule has 7 heteroatoms. The molecule has 1 heterocycles. The van der Waals surface area contributed by atoms with Crippen LogP contribution in [0.3, 0.4) is 0 Å². The van der Waals surface area contributed by atoms with Gasteiger partial charge in [0.15, 0.2) is 0 Å². The van der Waals surface area contributed by atoms with Crippen LogP contribution in [0.25, 0.3) is 0 Å². The molecule has 0 radical (unpaired) electrons. The molecule has 1 fully saturated rings. The number of likely N-dealkylation sites (tertiary alicyclic amines) is 1. The summed E-state index contributed by atoms with van der Waals surface area (Å²) < 4.78 is 27.2. The fourth-order valence-electron chi connectivity index (χ4n) is 2.79. The van der Waals surface area contributed by atoms with Crippen LogP contribution in [0.1, 0.15) is 32.6 Å². The predicted molar refractivity (Wildman–Crippen MR) is 91.2 cm³/mol. The zero-order chi connectivity index (χ0) is 16.2. The van der Waals surface area contributed by atoms with Crippen molar-refractivity contribution < 1.29 is 8.42 Å². The maximum Gasteiger partial charge on any atom is 0.243 e. The largest absolute Gasteiger partial charge is 0.301 e. The summed E-state index contributed by atoms with van der Waals surface area (Å²) in [4.78, 5) is 2.38. The highest BCUT2D eigenvalue weighted by Crippen LogP contribution is 2.28. The van der Waals surface area contributed by atoms with Gasteiger partial charge in [-0.2, -0.15) is 0 Å². The van der Waals surface area contributed by atoms with Gasteiger partial charge in [-0.1, -0.05) is 35.7 Å². The quantitative estimate of drug-likeness (QED) is 0.785. The van der Waals surface area contributed by atoms with E-state index < -0.39 is 10.0 Å². The number of halogens is 2. The van der Waals surface area contributed by atoms with Gasteiger partial charge in [-0.05, 0) is 51.4 Å². The van der Waals surface area contributed by atoms with Crippen molar-refractivity contribution in [1.82, 2.24) is 9.62 Å². The molecule has 0 amide bonds. The molecule has 1 aromatic carbocycles. The Hall–Kier alpha value is -0.330. The molecule has 124 valence electrons. The van der Waals surface area contributed by atoms with E-state index in [2.05, 4.69) is 16.5 Å². The van der Waals surface area contributed by atoms with Gasteiger partial charge in [-0.25, -0.2) is 13.1 Å². The van der Waals surface area contributed by atoms with Crippen molar-refractivity contribution in [3.05, 3.63) is 28.2 Å². The first-order valence-corrected chi connectivity index (χ1v) is 9.83. The van der Waals surface area contributed by atoms with E-state index in [4.69, 9.17) is 23.2 Å². The van der Waals surface area contributed by atoms with Crippen molar-refractivity contribution in [2.24, 2.45) is 0 Å². The van der Waals surface area contributed by atoms with Crippen LogP contribution in [-0.4, -0.2) is 39.0 Å². The third kappa shape index (κ3) is 4.59. The molecule has 2 rings (SSSR count). The normalized spacial score (nSPS) is 20.2. The zero-order valence-electron chi connectivity index (χ0n) is 12.7. The van der Waals surface area contributed by atoms with Gasteiger partial charge in [0, 0.05) is 12.6 Å². The lowest BCUT2D eigenvalue weighted by atomic mass is 10.0. The highest BCUT2D eigenvalue weighted by molar-refractivity contribution is 7.89. The molecule has 0 aromatic heterocycles. The average Bonchev–Trinajstić information content (AvgIpc) is 2.45. The number of rotatable bonds is 6. The minimum Gasteiger partial charge on any atom is -0.301 e. The number of nitrogens with one attached hydrogen (secondary N) is 1. The smallest absolute Gasteiger partial charge is 0.243 e. The number of sulfonamides is 1. The molecule has 1 atom stereocenters. The number of piperidine rings is 1. The number of hydrogen-bond donors (Lipinski definition) is 1. The second kappa shape index (κ2) is 7.97. The Bertz CT molecular complexity index is 587. The Morgan fingerprint density at radius 1 is 1.27 bits per heavy atom. The lowest BCUT2D eigenvalue weighted by Gasteiger charge is -2.33. The van der Waals surface area contributed by atoms with Gasteiger partial charge in [-0.3, -0.25) is 0 Å². The van der Waals surface area contributed by atoms with Crippen molar-refractivity contribution in [3.8, 4) is 0 Å². The lowest BCUT2D eigenvalue weighted by Crippen LogP contribution is -2.39. The van der Waals surface area contributed by atoms with E-state index in [1.54, 1.807) is 6.07 Å². The summed E-state index contributed by atoms with van der Waals surface area (Å²) in [5.74, 6) is 0. The maximum atomic E-state index is 12.3. The van der Waals surface area contributed by atoms with Gasteiger partial charge in [-0.15, -0.1) is 0 Å². The third-order valence-electron chi connectivity index (χ3n) is 4.04. The average molecular weight is 365 g/mol. The highest BCUT2D eigenvalue weighted by Gasteiger charge is 2.21. The summed E-state index contributed by atoms with van der Waals surface area (Å²) in [7, 11) is -3.67. The van der Waals surface area contributed by atoms with E-state index in [0.29, 0.717) is 12.6 Å². The zero-order valence-corrected chi connectivity index (χ0v) is 15.0. The Morgan fingerprint density at radius 2 is 1.95 bits per heavy atom. The van der Waals surface area contributed by atoms with Crippen LogP contribution in [0.15, 0.2) is 23.1 Å². The molecule has 0 bridgehead atoms. The lowest BCUT2D eigenvalue weighted by molar-refractivity contribution is 0.159. The van der Waals surface area contributed by atoms with E-state index in [1.807, 2.05) is 0 Å². The summed E-state index contributed by atoms with van der Waals surface area (Å²) in [5.41, 5.74) is 0. The van der Waals surface area contributed by atoms with Crippen molar-refractivity contribution in [2.75, 3.05) is 19.6 Å². The number of hydrogen-bond acceptors (Lipinski definition) is 3. The molecule has 0 aliphatic carbocycles. The molecule has 1 aliphatic heterocycles. The molecule has 22 heavy (non-hydrogen) atoms. The van der Waals surface area contributed by atoms with Gasteiger partial charge in [0.1, 0.15) is 4.90 Å². The van der Waals surface area contributed by atoms with E-state index in [-0.39, 0.29) is 14.9 Å². The van der Waals surface area contributed by atoms with E-state index in [9.17, 15) is 8.42 Å². The first-order valence-electron chi connectivity index (χ1n) is 7.59. The van der Waals surface area contributed by atoms with Crippen LogP contribution in [0.4, 0.5) is 0 Å². The van der Waals surface area contributed by atoms with Crippen LogP contribution in [-0.2, 0) is 10.0 Å². The van der Waals surface area contributed by atoms with Gasteiger partial charge in [0.05, 0.1) is 10.0 Å². The van der Waals surface area contributed by atoms with Crippen LogP contribution in [0.5, 0.6) is 0 Å². The predicted octanol–water partition coefficient (Wildman–Crippen LogP) is 3.54. The van der Waals surface area contributed by atoms with E-state index >= 15 is 0 Å². The van der Waals surface area contributed by atoms with Crippen LogP contribution in [0, 0.1) is 0 Å². The van der Waals surface area contributed by atoms with E-state index in [0.717, 1.165) is 19.5 Å². The summed E-state index contributed by atoms with van der Waals surface area (Å²) in [6.07, 6.45) is 4.51. The van der Waals surface area contributed by atoms with Crippen molar-refractivity contribution in [1.29, 1.82) is 0 Å². The minimum absolute atomic E-state index is 0.0373. The van der Waals surface area contributed by atoms with Crippen molar-refractivity contribution >= 4 is 33.2 Å². The topological polar surface area (TPSA) is 49.4 Å². The molecular weight excluding hydrogens is 343 g/mol. The molecular formula is C15H22Cl2N2O2S. The Balaban J connectivity index is 1.88. The molecule has 4 nitrogen and oxygen atoms in total. The van der Waals surface area contributed by atoms with Gasteiger partial charge in [0.25, 0.3) is 0 Å². The van der Waals surface area contributed by atoms with Crippen LogP contribution < -0.4 is 4.72 Å². The van der Waals surface area contributed by atoms with Crippen LogP contribution in [0.2, 0.25) is 10.0 Å². The second-order valence-electron chi connectivity index (χ2n) is 5.68. The second-order valence-corrected chi connectivity index (χ2v) is 8.20. The standard InChI is InChI=1S/C15H22Cl2N2O2S/c1-12-6-2-3-10-19(12)11-5-9-18-22(20,21)15-13(16)7-4-8-14(15)17/h4,7-8,12,18H,2-3,5-6,9-11H2,1H3. The minimum atomic E-state index is -3.67. The first kappa shape index (κ1) is 18.0. The molecule has 1 aromatic rings. The summed E-state index contributed by atoms with van der Waals surface area (Å²) in [6, 6.07) is 5.26. The van der Waals surface area contributed by atoms with Crippen molar-refractivity contribution in [3.63, 3.8) is 0 Å². The maximum absolute atomic E-state index is 12.3. The summed E-state index contributed by atoms with van der Waals surface area (Å²) in [6.45, 7) is 4.62. The fraction of sp³-hybridized carbons (Fsp3) is 0.600. The Labute approximate surface area is 142 Å². The number of benzene rings is 1. The molecule has 1 saturated heterocycles. The molecule has 1 N–H and O–H groups in total. The van der Waals surface area contributed by atoms with E-state index in [1.165, 1.54) is 31.4 Å². The Kier molecular flexibility index (Phi) is 6.53. The summed E-state index contributed by atoms with van der Waals surface area (Å²) in [5, 5.41) is 0.286. The van der Waals surface area contributed by atoms with Gasteiger partial charge in [0.2, 0.25) is 10.0 Å².